The van der Waals surface area contributed by atoms with E-state index in [1.165, 1.54) is 18.4 Å². The van der Waals surface area contributed by atoms with Crippen molar-refractivity contribution in [2.75, 3.05) is 30.5 Å². The molecule has 7 rings (SSSR count). The lowest BCUT2D eigenvalue weighted by molar-refractivity contribution is -0.154. The second-order valence-corrected chi connectivity index (χ2v) is 17.5. The molecule has 4 heterocycles. The number of anilines is 2. The number of esters is 2. The second-order valence-electron chi connectivity index (χ2n) is 16.5. The summed E-state index contributed by atoms with van der Waals surface area (Å²) >= 11 is 1.45. The van der Waals surface area contributed by atoms with Gasteiger partial charge >= 0.3 is 11.9 Å². The van der Waals surface area contributed by atoms with Gasteiger partial charge in [0.25, 0.3) is 5.91 Å². The number of amides is 1. The maximum Gasteiger partial charge on any atom is 0.357 e. The third kappa shape index (κ3) is 11.8. The first kappa shape index (κ1) is 43.9. The summed E-state index contributed by atoms with van der Waals surface area (Å²) in [5.74, 6) is 1.22. The van der Waals surface area contributed by atoms with E-state index >= 15 is 0 Å². The van der Waals surface area contributed by atoms with Crippen LogP contribution < -0.4 is 15.0 Å². The number of thiazole rings is 1. The van der Waals surface area contributed by atoms with E-state index in [4.69, 9.17) is 19.2 Å². The lowest BCUT2D eigenvalue weighted by Gasteiger charge is -2.31. The Bertz CT molecular complexity index is 2450. The molecule has 0 fully saturated rings. The van der Waals surface area contributed by atoms with Crippen molar-refractivity contribution in [3.8, 4) is 17.1 Å². The van der Waals surface area contributed by atoms with Crippen molar-refractivity contribution in [2.45, 2.75) is 97.1 Å². The Morgan fingerprint density at radius 3 is 2.37 bits per heavy atom. The van der Waals surface area contributed by atoms with Gasteiger partial charge in [0, 0.05) is 43.0 Å². The van der Waals surface area contributed by atoms with Crippen molar-refractivity contribution in [3.05, 3.63) is 125 Å². The van der Waals surface area contributed by atoms with Crippen molar-refractivity contribution < 1.29 is 28.6 Å². The minimum absolute atomic E-state index is 0.121. The number of pyridine rings is 1. The van der Waals surface area contributed by atoms with Gasteiger partial charge in [-0.25, -0.2) is 24.7 Å². The average molecular weight is 855 g/mol. The van der Waals surface area contributed by atoms with Crippen LogP contribution in [0.2, 0.25) is 0 Å². The number of hydrogen-bond acceptors (Lipinski definition) is 12. The summed E-state index contributed by atoms with van der Waals surface area (Å²) in [6, 6.07) is 25.2. The number of methoxy groups -OCH3 is 1. The van der Waals surface area contributed by atoms with Crippen LogP contribution >= 0.6 is 11.3 Å². The molecule has 0 aliphatic carbocycles. The van der Waals surface area contributed by atoms with Crippen molar-refractivity contribution in [2.24, 2.45) is 0 Å². The largest absolute Gasteiger partial charge is 0.494 e. The molecule has 1 aliphatic heterocycles. The van der Waals surface area contributed by atoms with Gasteiger partial charge in [-0.2, -0.15) is 0 Å². The van der Waals surface area contributed by atoms with Crippen LogP contribution in [0.4, 0.5) is 10.9 Å². The van der Waals surface area contributed by atoms with E-state index in [2.05, 4.69) is 31.2 Å². The Balaban J connectivity index is 0.872. The fourth-order valence-electron chi connectivity index (χ4n) is 7.52. The molecule has 3 aromatic carbocycles. The molecule has 3 aromatic heterocycles. The van der Waals surface area contributed by atoms with Gasteiger partial charge in [0.2, 0.25) is 0 Å². The van der Waals surface area contributed by atoms with Gasteiger partial charge in [-0.3, -0.25) is 14.9 Å². The predicted octanol–water partition coefficient (Wildman–Crippen LogP) is 9.99. The molecule has 322 valence electrons. The Labute approximate surface area is 367 Å². The highest BCUT2D eigenvalue weighted by atomic mass is 32.1. The lowest BCUT2D eigenvalue weighted by atomic mass is 9.94. The van der Waals surface area contributed by atoms with Gasteiger partial charge in [-0.15, -0.1) is 0 Å². The minimum Gasteiger partial charge on any atom is -0.494 e. The van der Waals surface area contributed by atoms with Gasteiger partial charge in [0.15, 0.2) is 16.6 Å². The Morgan fingerprint density at radius 2 is 1.60 bits per heavy atom. The third-order valence-electron chi connectivity index (χ3n) is 10.6. The second kappa shape index (κ2) is 20.6. The zero-order valence-corrected chi connectivity index (χ0v) is 36.8. The number of carbonyl (C=O) groups excluding carboxylic acids is 3. The van der Waals surface area contributed by atoms with E-state index in [0.29, 0.717) is 61.3 Å². The Hall–Kier alpha value is -6.21. The van der Waals surface area contributed by atoms with E-state index in [1.54, 1.807) is 0 Å². The molecule has 0 radical (unpaired) electrons. The van der Waals surface area contributed by atoms with Crippen molar-refractivity contribution in [3.63, 3.8) is 0 Å². The minimum atomic E-state index is -0.495. The number of fused-ring (bicyclic) bond motifs is 2. The highest BCUT2D eigenvalue weighted by Gasteiger charge is 2.25. The molecule has 0 saturated heterocycles. The molecular formula is C49H54N6O6S. The first-order chi connectivity index (χ1) is 30.0. The van der Waals surface area contributed by atoms with Crippen LogP contribution in [0.5, 0.6) is 5.75 Å². The van der Waals surface area contributed by atoms with Gasteiger partial charge in [-0.1, -0.05) is 60.9 Å². The molecule has 0 spiro atoms. The maximum atomic E-state index is 13.6. The van der Waals surface area contributed by atoms with E-state index in [0.717, 1.165) is 88.7 Å². The highest BCUT2D eigenvalue weighted by Crippen LogP contribution is 2.30. The van der Waals surface area contributed by atoms with Crippen molar-refractivity contribution >= 4 is 50.3 Å². The molecule has 1 amide bonds. The van der Waals surface area contributed by atoms with Crippen LogP contribution in [0.1, 0.15) is 109 Å². The number of benzene rings is 3. The number of rotatable bonds is 18. The van der Waals surface area contributed by atoms with Crippen LogP contribution in [0.25, 0.3) is 21.6 Å². The fourth-order valence-corrected chi connectivity index (χ4v) is 8.38. The van der Waals surface area contributed by atoms with Gasteiger partial charge < -0.3 is 19.1 Å². The zero-order chi connectivity index (χ0) is 43.5. The van der Waals surface area contributed by atoms with E-state index in [-0.39, 0.29) is 17.6 Å². The van der Waals surface area contributed by atoms with E-state index in [1.807, 2.05) is 106 Å². The normalized spacial score (nSPS) is 12.5. The summed E-state index contributed by atoms with van der Waals surface area (Å²) in [5.41, 5.74) is 6.14. The van der Waals surface area contributed by atoms with Gasteiger partial charge in [0.1, 0.15) is 17.2 Å². The highest BCUT2D eigenvalue weighted by molar-refractivity contribution is 7.22. The zero-order valence-electron chi connectivity index (χ0n) is 35.9. The monoisotopic (exact) mass is 854 g/mol. The predicted molar refractivity (Wildman–Crippen MR) is 243 cm³/mol. The molecule has 62 heavy (non-hydrogen) atoms. The quantitative estimate of drug-likeness (QED) is 0.0651. The molecule has 12 nitrogen and oxygen atoms in total. The van der Waals surface area contributed by atoms with Gasteiger partial charge in [0.05, 0.1) is 23.9 Å². The summed E-state index contributed by atoms with van der Waals surface area (Å²) in [6.07, 6.45) is 12.3. The van der Waals surface area contributed by atoms with Crippen molar-refractivity contribution in [1.82, 2.24) is 19.9 Å². The van der Waals surface area contributed by atoms with E-state index < -0.39 is 11.6 Å². The summed E-state index contributed by atoms with van der Waals surface area (Å²) in [6.45, 7) is 7.29. The SMILES string of the molecule is COC(=O)c1nc(N2CCc3cccc(C(=O)Nc4nc5ccccc5s4)c3C2)ccc1CCCOc1ccc(-c2ncc(CCCCCCCC(=O)OC(C)(C)C)cn2)cc1. The number of nitrogens with zero attached hydrogens (tertiary/aromatic N) is 5. The number of para-hydroxylation sites is 1. The smallest absolute Gasteiger partial charge is 0.357 e. The lowest BCUT2D eigenvalue weighted by Crippen LogP contribution is -2.33. The number of aromatic nitrogens is 4. The molecule has 0 atom stereocenters. The molecule has 1 aliphatic rings. The summed E-state index contributed by atoms with van der Waals surface area (Å²) in [4.78, 5) is 59.1. The van der Waals surface area contributed by atoms with Crippen LogP contribution in [0.15, 0.2) is 91.3 Å². The maximum absolute atomic E-state index is 13.6. The summed E-state index contributed by atoms with van der Waals surface area (Å²) in [5, 5.41) is 3.56. The molecule has 0 unspecified atom stereocenters. The Morgan fingerprint density at radius 1 is 0.823 bits per heavy atom. The summed E-state index contributed by atoms with van der Waals surface area (Å²) in [7, 11) is 1.36. The number of carbonyl (C=O) groups is 3. The van der Waals surface area contributed by atoms with Crippen LogP contribution in [-0.2, 0) is 40.1 Å². The molecular weight excluding hydrogens is 801 g/mol. The van der Waals surface area contributed by atoms with Crippen LogP contribution in [-0.4, -0.2) is 63.6 Å². The van der Waals surface area contributed by atoms with Gasteiger partial charge in [-0.05, 0) is 130 Å². The number of hydrogen-bond donors (Lipinski definition) is 1. The molecule has 0 saturated carbocycles. The number of ether oxygens (including phenoxy) is 3. The van der Waals surface area contributed by atoms with Crippen LogP contribution in [0, 0.1) is 0 Å². The number of nitrogens with one attached hydrogen (secondary N) is 1. The first-order valence-corrected chi connectivity index (χ1v) is 22.2. The third-order valence-corrected chi connectivity index (χ3v) is 11.6. The van der Waals surface area contributed by atoms with Crippen molar-refractivity contribution in [1.29, 1.82) is 0 Å². The molecule has 6 aromatic rings. The average Bonchev–Trinajstić information content (AvgIpc) is 3.69. The standard InChI is InChI=1S/C49H54N6O6S/c1-49(2,3)61-43(56)20-9-7-5-6-8-14-33-30-50-45(51-31-33)36-21-24-37(25-22-36)60-29-13-16-35-23-26-42(53-44(35)47(58)59-4)55-28-27-34-15-12-17-38(39(34)32-55)46(57)54-48-52-40-18-10-11-19-41(40)62-48/h10-12,15,17-19,21-26,30-31H,5-9,13-14,16,20,27-29,32H2,1-4H3,(H,52,54,57). The first-order valence-electron chi connectivity index (χ1n) is 21.4. The topological polar surface area (TPSA) is 146 Å². The number of aryl methyl sites for hydroxylation is 2. The summed E-state index contributed by atoms with van der Waals surface area (Å²) < 4.78 is 17.6. The van der Waals surface area contributed by atoms with Crippen LogP contribution in [0.3, 0.4) is 0 Å². The molecule has 0 bridgehead atoms. The fraction of sp³-hybridized carbons (Fsp3) is 0.367. The molecule has 1 N–H and O–H groups in total. The number of unbranched alkanes of at least 4 members (excludes halogenated alkanes) is 4. The Kier molecular flexibility index (Phi) is 14.6. The van der Waals surface area contributed by atoms with E-state index in [9.17, 15) is 14.4 Å². The molecule has 13 heteroatoms.